The minimum Gasteiger partial charge on any atom is -0.298 e. The average Bonchev–Trinajstić information content (AvgIpc) is 2.43. The van der Waals surface area contributed by atoms with Crippen molar-refractivity contribution >= 4 is 26.8 Å². The molecule has 1 aliphatic rings. The lowest BCUT2D eigenvalue weighted by Gasteiger charge is -2.34. The van der Waals surface area contributed by atoms with Crippen molar-refractivity contribution in [2.45, 2.75) is 24.7 Å². The molecule has 2 unspecified atom stereocenters. The molecule has 0 spiro atoms. The summed E-state index contributed by atoms with van der Waals surface area (Å²) in [5.41, 5.74) is 2.39. The van der Waals surface area contributed by atoms with Crippen LogP contribution in [0.1, 0.15) is 18.9 Å². The molecule has 0 amide bonds. The third-order valence-corrected chi connectivity index (χ3v) is 5.20. The Morgan fingerprint density at radius 1 is 1.37 bits per heavy atom. The molecule has 1 aliphatic heterocycles. The highest BCUT2D eigenvalue weighted by Gasteiger charge is 2.23. The van der Waals surface area contributed by atoms with Crippen molar-refractivity contribution in [1.82, 2.24) is 9.88 Å². The fourth-order valence-corrected chi connectivity index (χ4v) is 3.36. The number of hydrogen-bond acceptors (Lipinski definition) is 2. The van der Waals surface area contributed by atoms with Gasteiger partial charge in [0.15, 0.2) is 0 Å². The Labute approximate surface area is 123 Å². The summed E-state index contributed by atoms with van der Waals surface area (Å²) in [5, 5.41) is 1.24. The highest BCUT2D eigenvalue weighted by molar-refractivity contribution is 9.09. The molecule has 0 bridgehead atoms. The van der Waals surface area contributed by atoms with Gasteiger partial charge in [-0.15, -0.1) is 0 Å². The Kier molecular flexibility index (Phi) is 3.85. The molecule has 0 N–H and O–H groups in total. The molecule has 2 nitrogen and oxygen atoms in total. The van der Waals surface area contributed by atoms with Gasteiger partial charge in [0.1, 0.15) is 0 Å². The number of likely N-dealkylation sites (tertiary alicyclic amines) is 1. The van der Waals surface area contributed by atoms with E-state index in [-0.39, 0.29) is 0 Å². The van der Waals surface area contributed by atoms with Crippen LogP contribution in [0.4, 0.5) is 0 Å². The summed E-state index contributed by atoms with van der Waals surface area (Å²) in [5.74, 6) is 0.783. The maximum atomic E-state index is 4.54. The highest BCUT2D eigenvalue weighted by atomic mass is 79.9. The summed E-state index contributed by atoms with van der Waals surface area (Å²) in [4.78, 5) is 7.68. The Hall–Kier alpha value is -0.930. The molecule has 2 atom stereocenters. The lowest BCUT2D eigenvalue weighted by atomic mass is 9.98. The van der Waals surface area contributed by atoms with Crippen LogP contribution >= 0.6 is 15.9 Å². The first-order valence-corrected chi connectivity index (χ1v) is 7.84. The molecular weight excluding hydrogens is 300 g/mol. The van der Waals surface area contributed by atoms with E-state index >= 15 is 0 Å². The van der Waals surface area contributed by atoms with E-state index in [1.807, 2.05) is 12.3 Å². The standard InChI is InChI=1S/C16H19BrN2/c1-12-6-7-19(11-15(12)17)10-13-8-14-4-2-3-5-16(14)18-9-13/h2-5,8-9,12,15H,6-7,10-11H2,1H3. The third kappa shape index (κ3) is 2.98. The Morgan fingerprint density at radius 2 is 2.21 bits per heavy atom. The number of nitrogens with zero attached hydrogens (tertiary/aromatic N) is 2. The summed E-state index contributed by atoms with van der Waals surface area (Å²) in [6.07, 6.45) is 3.29. The van der Waals surface area contributed by atoms with Gasteiger partial charge >= 0.3 is 0 Å². The van der Waals surface area contributed by atoms with Crippen LogP contribution in [0, 0.1) is 5.92 Å². The zero-order valence-electron chi connectivity index (χ0n) is 11.2. The quantitative estimate of drug-likeness (QED) is 0.782. The van der Waals surface area contributed by atoms with Crippen molar-refractivity contribution in [3.05, 3.63) is 42.1 Å². The average molecular weight is 319 g/mol. The van der Waals surface area contributed by atoms with Crippen LogP contribution < -0.4 is 0 Å². The first kappa shape index (κ1) is 13.1. The van der Waals surface area contributed by atoms with Crippen LogP contribution in [0.25, 0.3) is 10.9 Å². The van der Waals surface area contributed by atoms with E-state index in [1.165, 1.54) is 23.9 Å². The largest absolute Gasteiger partial charge is 0.298 e. The molecule has 0 saturated carbocycles. The molecule has 3 rings (SSSR count). The Morgan fingerprint density at radius 3 is 3.05 bits per heavy atom. The smallest absolute Gasteiger partial charge is 0.0702 e. The van der Waals surface area contributed by atoms with Gasteiger partial charge in [-0.25, -0.2) is 0 Å². The van der Waals surface area contributed by atoms with Gasteiger partial charge in [-0.3, -0.25) is 9.88 Å². The summed E-state index contributed by atoms with van der Waals surface area (Å²) in [6, 6.07) is 10.6. The number of aromatic nitrogens is 1. The van der Waals surface area contributed by atoms with Crippen molar-refractivity contribution in [2.75, 3.05) is 13.1 Å². The Bertz CT molecular complexity index is 569. The molecule has 3 heteroatoms. The maximum Gasteiger partial charge on any atom is 0.0702 e. The molecule has 1 fully saturated rings. The van der Waals surface area contributed by atoms with E-state index in [2.05, 4.69) is 57.0 Å². The molecule has 0 radical (unpaired) electrons. The first-order chi connectivity index (χ1) is 9.22. The SMILES string of the molecule is CC1CCN(Cc2cnc3ccccc3c2)CC1Br. The van der Waals surface area contributed by atoms with Crippen LogP contribution in [0.3, 0.4) is 0 Å². The number of alkyl halides is 1. The topological polar surface area (TPSA) is 16.1 Å². The van der Waals surface area contributed by atoms with E-state index < -0.39 is 0 Å². The molecule has 1 saturated heterocycles. The molecule has 19 heavy (non-hydrogen) atoms. The van der Waals surface area contributed by atoms with E-state index in [0.29, 0.717) is 4.83 Å². The maximum absolute atomic E-state index is 4.54. The number of pyridine rings is 1. The van der Waals surface area contributed by atoms with Gasteiger partial charge in [0.25, 0.3) is 0 Å². The number of rotatable bonds is 2. The van der Waals surface area contributed by atoms with Crippen LogP contribution in [0.2, 0.25) is 0 Å². The second-order valence-electron chi connectivity index (χ2n) is 5.55. The number of halogens is 1. The fourth-order valence-electron chi connectivity index (χ4n) is 2.69. The second kappa shape index (κ2) is 5.59. The molecule has 100 valence electrons. The summed E-state index contributed by atoms with van der Waals surface area (Å²) in [7, 11) is 0. The zero-order valence-corrected chi connectivity index (χ0v) is 12.8. The summed E-state index contributed by atoms with van der Waals surface area (Å²) >= 11 is 3.79. The summed E-state index contributed by atoms with van der Waals surface area (Å²) in [6.45, 7) is 5.66. The van der Waals surface area contributed by atoms with Crippen molar-refractivity contribution in [3.8, 4) is 0 Å². The molecular formula is C16H19BrN2. The van der Waals surface area contributed by atoms with E-state index in [1.54, 1.807) is 0 Å². The highest BCUT2D eigenvalue weighted by Crippen LogP contribution is 2.24. The lowest BCUT2D eigenvalue weighted by Crippen LogP contribution is -2.39. The Balaban J connectivity index is 1.74. The fraction of sp³-hybridized carbons (Fsp3) is 0.438. The van der Waals surface area contributed by atoms with Crippen LogP contribution in [-0.2, 0) is 6.54 Å². The molecule has 1 aromatic heterocycles. The van der Waals surface area contributed by atoms with Crippen molar-refractivity contribution < 1.29 is 0 Å². The van der Waals surface area contributed by atoms with Crippen LogP contribution in [-0.4, -0.2) is 27.8 Å². The predicted molar refractivity (Wildman–Crippen MR) is 83.5 cm³/mol. The number of hydrogen-bond donors (Lipinski definition) is 0. The number of para-hydroxylation sites is 1. The number of fused-ring (bicyclic) bond motifs is 1. The van der Waals surface area contributed by atoms with Gasteiger partial charge in [-0.05, 0) is 36.6 Å². The van der Waals surface area contributed by atoms with Gasteiger partial charge in [-0.1, -0.05) is 41.1 Å². The van der Waals surface area contributed by atoms with E-state index in [4.69, 9.17) is 0 Å². The molecule has 2 heterocycles. The van der Waals surface area contributed by atoms with Gasteiger partial charge in [0, 0.05) is 29.5 Å². The molecule has 0 aliphatic carbocycles. The molecule has 1 aromatic carbocycles. The van der Waals surface area contributed by atoms with Gasteiger partial charge in [0.05, 0.1) is 5.52 Å². The van der Waals surface area contributed by atoms with E-state index in [9.17, 15) is 0 Å². The van der Waals surface area contributed by atoms with Gasteiger partial charge < -0.3 is 0 Å². The van der Waals surface area contributed by atoms with Crippen LogP contribution in [0.15, 0.2) is 36.5 Å². The summed E-state index contributed by atoms with van der Waals surface area (Å²) < 4.78 is 0. The van der Waals surface area contributed by atoms with E-state index in [0.717, 1.165) is 24.5 Å². The van der Waals surface area contributed by atoms with Crippen molar-refractivity contribution in [3.63, 3.8) is 0 Å². The van der Waals surface area contributed by atoms with Crippen molar-refractivity contribution in [2.24, 2.45) is 5.92 Å². The monoisotopic (exact) mass is 318 g/mol. The number of piperidine rings is 1. The molecule has 2 aromatic rings. The second-order valence-corrected chi connectivity index (χ2v) is 6.73. The third-order valence-electron chi connectivity index (χ3n) is 4.00. The number of benzene rings is 1. The normalized spacial score (nSPS) is 24.7. The minimum atomic E-state index is 0.620. The van der Waals surface area contributed by atoms with Crippen molar-refractivity contribution in [1.29, 1.82) is 0 Å². The predicted octanol–water partition coefficient (Wildman–Crippen LogP) is 3.84. The minimum absolute atomic E-state index is 0.620. The van der Waals surface area contributed by atoms with Gasteiger partial charge in [-0.2, -0.15) is 0 Å². The zero-order chi connectivity index (χ0) is 13.2. The lowest BCUT2D eigenvalue weighted by molar-refractivity contribution is 0.194. The first-order valence-electron chi connectivity index (χ1n) is 6.92. The van der Waals surface area contributed by atoms with Crippen LogP contribution in [0.5, 0.6) is 0 Å². The van der Waals surface area contributed by atoms with Gasteiger partial charge in [0.2, 0.25) is 0 Å².